The number of nitrogens with one attached hydrogen (secondary N) is 1. The fraction of sp³-hybridized carbons (Fsp3) is 0.118. The number of benzene rings is 2. The van der Waals surface area contributed by atoms with Gasteiger partial charge in [-0.25, -0.2) is 0 Å². The zero-order valence-corrected chi connectivity index (χ0v) is 16.6. The van der Waals surface area contributed by atoms with Crippen LogP contribution >= 0.6 is 46.6 Å². The van der Waals surface area contributed by atoms with Gasteiger partial charge in [-0.3, -0.25) is 9.36 Å². The highest BCUT2D eigenvalue weighted by atomic mass is 35.5. The second kappa shape index (κ2) is 8.31. The molecule has 2 aromatic carbocycles. The molecule has 0 saturated carbocycles. The fourth-order valence-electron chi connectivity index (χ4n) is 2.35. The first kappa shape index (κ1) is 19.0. The first-order valence-corrected chi connectivity index (χ1v) is 9.83. The standard InChI is InChI=1S/C17H13Cl3N4OS/c1-26-17-23-22-15(24(17)12-4-2-3-10(18)7-12)9-21-16(25)13-6-5-11(19)8-14(13)20/h2-8H,9H2,1H3,(H,21,25). The van der Waals surface area contributed by atoms with E-state index in [0.29, 0.717) is 26.6 Å². The van der Waals surface area contributed by atoms with Crippen molar-refractivity contribution in [3.8, 4) is 5.69 Å². The molecule has 3 rings (SSSR count). The first-order valence-electron chi connectivity index (χ1n) is 7.47. The summed E-state index contributed by atoms with van der Waals surface area (Å²) in [5, 5.41) is 13.2. The number of carbonyl (C=O) groups excluding carboxylic acids is 1. The fourth-order valence-corrected chi connectivity index (χ4v) is 3.54. The van der Waals surface area contributed by atoms with Gasteiger partial charge in [-0.1, -0.05) is 52.6 Å². The molecule has 0 aliphatic carbocycles. The molecule has 0 unspecified atom stereocenters. The van der Waals surface area contributed by atoms with Crippen molar-refractivity contribution in [3.05, 3.63) is 68.9 Å². The Morgan fingerprint density at radius 2 is 1.88 bits per heavy atom. The van der Waals surface area contributed by atoms with Crippen molar-refractivity contribution in [2.24, 2.45) is 0 Å². The molecule has 0 radical (unpaired) electrons. The normalized spacial score (nSPS) is 10.8. The summed E-state index contributed by atoms with van der Waals surface area (Å²) in [7, 11) is 0. The molecule has 0 bridgehead atoms. The van der Waals surface area contributed by atoms with E-state index in [9.17, 15) is 4.79 Å². The molecular formula is C17H13Cl3N4OS. The molecule has 1 N–H and O–H groups in total. The van der Waals surface area contributed by atoms with E-state index >= 15 is 0 Å². The predicted molar refractivity (Wildman–Crippen MR) is 106 cm³/mol. The highest BCUT2D eigenvalue weighted by Crippen LogP contribution is 2.23. The summed E-state index contributed by atoms with van der Waals surface area (Å²) in [6.07, 6.45) is 1.90. The van der Waals surface area contributed by atoms with Gasteiger partial charge in [-0.15, -0.1) is 10.2 Å². The molecular weight excluding hydrogens is 415 g/mol. The van der Waals surface area contributed by atoms with Crippen molar-refractivity contribution in [2.75, 3.05) is 6.26 Å². The maximum atomic E-state index is 12.4. The van der Waals surface area contributed by atoms with Crippen molar-refractivity contribution < 1.29 is 4.79 Å². The zero-order chi connectivity index (χ0) is 18.7. The predicted octanol–water partition coefficient (Wildman–Crippen LogP) is 4.88. The molecule has 5 nitrogen and oxygen atoms in total. The first-order chi connectivity index (χ1) is 12.5. The minimum Gasteiger partial charge on any atom is -0.345 e. The average Bonchev–Trinajstić information content (AvgIpc) is 3.02. The molecule has 0 aliphatic heterocycles. The molecule has 26 heavy (non-hydrogen) atoms. The number of thioether (sulfide) groups is 1. The lowest BCUT2D eigenvalue weighted by atomic mass is 10.2. The second-order valence-corrected chi connectivity index (χ2v) is 7.28. The number of nitrogens with zero attached hydrogens (tertiary/aromatic N) is 3. The Kier molecular flexibility index (Phi) is 6.09. The van der Waals surface area contributed by atoms with E-state index in [1.54, 1.807) is 18.2 Å². The lowest BCUT2D eigenvalue weighted by Crippen LogP contribution is -2.25. The Balaban J connectivity index is 1.84. The van der Waals surface area contributed by atoms with Gasteiger partial charge in [0.05, 0.1) is 22.8 Å². The summed E-state index contributed by atoms with van der Waals surface area (Å²) >= 11 is 19.5. The molecule has 3 aromatic rings. The molecule has 9 heteroatoms. The monoisotopic (exact) mass is 426 g/mol. The van der Waals surface area contributed by atoms with Crippen LogP contribution in [-0.2, 0) is 6.54 Å². The number of hydrogen-bond donors (Lipinski definition) is 1. The molecule has 0 atom stereocenters. The Morgan fingerprint density at radius 3 is 2.58 bits per heavy atom. The summed E-state index contributed by atoms with van der Waals surface area (Å²) < 4.78 is 1.85. The molecule has 0 saturated heterocycles. The van der Waals surface area contributed by atoms with Gasteiger partial charge in [0.25, 0.3) is 5.91 Å². The third kappa shape index (κ3) is 4.15. The molecule has 134 valence electrons. The van der Waals surface area contributed by atoms with Crippen LogP contribution in [0.5, 0.6) is 0 Å². The van der Waals surface area contributed by atoms with E-state index in [0.717, 1.165) is 5.69 Å². The molecule has 0 aliphatic rings. The van der Waals surface area contributed by atoms with E-state index in [2.05, 4.69) is 15.5 Å². The van der Waals surface area contributed by atoms with Crippen LogP contribution in [0.1, 0.15) is 16.2 Å². The topological polar surface area (TPSA) is 59.8 Å². The molecule has 1 aromatic heterocycles. The number of hydrogen-bond acceptors (Lipinski definition) is 4. The van der Waals surface area contributed by atoms with Crippen LogP contribution in [0.2, 0.25) is 15.1 Å². The van der Waals surface area contributed by atoms with E-state index in [1.807, 2.05) is 29.0 Å². The largest absolute Gasteiger partial charge is 0.345 e. The van der Waals surface area contributed by atoms with Crippen LogP contribution in [0.4, 0.5) is 0 Å². The van der Waals surface area contributed by atoms with Crippen LogP contribution in [0.25, 0.3) is 5.69 Å². The SMILES string of the molecule is CSc1nnc(CNC(=O)c2ccc(Cl)cc2Cl)n1-c1cccc(Cl)c1. The number of amides is 1. The maximum Gasteiger partial charge on any atom is 0.253 e. The van der Waals surface area contributed by atoms with E-state index in [-0.39, 0.29) is 17.5 Å². The highest BCUT2D eigenvalue weighted by Gasteiger charge is 2.16. The van der Waals surface area contributed by atoms with Gasteiger partial charge >= 0.3 is 0 Å². The molecule has 1 heterocycles. The van der Waals surface area contributed by atoms with Crippen molar-refractivity contribution in [1.82, 2.24) is 20.1 Å². The van der Waals surface area contributed by atoms with Gasteiger partial charge in [0, 0.05) is 10.0 Å². The van der Waals surface area contributed by atoms with Gasteiger partial charge in [0.1, 0.15) is 0 Å². The van der Waals surface area contributed by atoms with Gasteiger partial charge < -0.3 is 5.32 Å². The Bertz CT molecular complexity index is 961. The number of carbonyl (C=O) groups is 1. The maximum absolute atomic E-state index is 12.4. The van der Waals surface area contributed by atoms with E-state index in [1.165, 1.54) is 17.8 Å². The van der Waals surface area contributed by atoms with Crippen LogP contribution in [0.3, 0.4) is 0 Å². The van der Waals surface area contributed by atoms with Gasteiger partial charge in [0.2, 0.25) is 0 Å². The van der Waals surface area contributed by atoms with Crippen molar-refractivity contribution in [2.45, 2.75) is 11.7 Å². The summed E-state index contributed by atoms with van der Waals surface area (Å²) in [4.78, 5) is 12.4. The number of aromatic nitrogens is 3. The van der Waals surface area contributed by atoms with Gasteiger partial charge in [-0.05, 0) is 42.7 Å². The lowest BCUT2D eigenvalue weighted by molar-refractivity contribution is 0.0950. The Hall–Kier alpha value is -1.73. The summed E-state index contributed by atoms with van der Waals surface area (Å²) in [5.41, 5.74) is 1.16. The van der Waals surface area contributed by atoms with Crippen molar-refractivity contribution >= 4 is 52.5 Å². The average molecular weight is 428 g/mol. The number of halogens is 3. The van der Waals surface area contributed by atoms with Crippen molar-refractivity contribution in [1.29, 1.82) is 0 Å². The molecule has 1 amide bonds. The van der Waals surface area contributed by atoms with Crippen LogP contribution < -0.4 is 5.32 Å². The third-order valence-corrected chi connectivity index (χ3v) is 4.94. The van der Waals surface area contributed by atoms with Gasteiger partial charge in [0.15, 0.2) is 11.0 Å². The quantitative estimate of drug-likeness (QED) is 0.590. The summed E-state index contributed by atoms with van der Waals surface area (Å²) in [5.74, 6) is 0.257. The van der Waals surface area contributed by atoms with E-state index < -0.39 is 0 Å². The third-order valence-electron chi connectivity index (χ3n) is 3.53. The number of rotatable bonds is 5. The molecule has 0 spiro atoms. The van der Waals surface area contributed by atoms with Crippen LogP contribution in [-0.4, -0.2) is 26.9 Å². The summed E-state index contributed by atoms with van der Waals surface area (Å²) in [6.45, 7) is 0.178. The minimum atomic E-state index is -0.321. The minimum absolute atomic E-state index is 0.178. The van der Waals surface area contributed by atoms with Crippen LogP contribution in [0, 0.1) is 0 Å². The smallest absolute Gasteiger partial charge is 0.253 e. The Morgan fingerprint density at radius 1 is 1.12 bits per heavy atom. The Labute approximate surface area is 169 Å². The van der Waals surface area contributed by atoms with Gasteiger partial charge in [-0.2, -0.15) is 0 Å². The summed E-state index contributed by atoms with van der Waals surface area (Å²) in [6, 6.07) is 12.1. The highest BCUT2D eigenvalue weighted by molar-refractivity contribution is 7.98. The van der Waals surface area contributed by atoms with Crippen molar-refractivity contribution in [3.63, 3.8) is 0 Å². The molecule has 0 fully saturated rings. The second-order valence-electron chi connectivity index (χ2n) is 5.23. The van der Waals surface area contributed by atoms with E-state index in [4.69, 9.17) is 34.8 Å². The zero-order valence-electron chi connectivity index (χ0n) is 13.5. The lowest BCUT2D eigenvalue weighted by Gasteiger charge is -2.11. The van der Waals surface area contributed by atoms with Crippen LogP contribution in [0.15, 0.2) is 47.6 Å².